The van der Waals surface area contributed by atoms with Crippen molar-refractivity contribution in [1.82, 2.24) is 0 Å². The fraction of sp³-hybridized carbons (Fsp3) is 0.321. The number of nitrogens with one attached hydrogen (secondary N) is 2. The van der Waals surface area contributed by atoms with E-state index < -0.39 is 0 Å². The topological polar surface area (TPSA) is 72.1 Å². The number of aryl methyl sites for hydroxylation is 1. The van der Waals surface area contributed by atoms with Gasteiger partial charge in [-0.25, -0.2) is 0 Å². The molecule has 1 fully saturated rings. The zero-order valence-electron chi connectivity index (χ0n) is 20.7. The second kappa shape index (κ2) is 12.5. The van der Waals surface area contributed by atoms with Crippen molar-refractivity contribution in [1.29, 1.82) is 0 Å². The number of carbonyl (C=O) groups is 1. The van der Waals surface area contributed by atoms with Gasteiger partial charge in [-0.2, -0.15) is 0 Å². The first kappa shape index (κ1) is 25.7. The Hall–Kier alpha value is -3.42. The number of amides is 1. The predicted molar refractivity (Wildman–Crippen MR) is 145 cm³/mol. The van der Waals surface area contributed by atoms with Crippen LogP contribution in [0.4, 0.5) is 17.1 Å². The first-order valence-corrected chi connectivity index (χ1v) is 12.5. The maximum Gasteiger partial charge on any atom is 0.262 e. The summed E-state index contributed by atoms with van der Waals surface area (Å²) in [6.45, 7) is 8.06. The SMILES string of the molecule is CCOc1cc(CNc2ccc(N3CCOCC3)cc2)cc(Cl)c1OCC(=O)Nc1ccc(C)cc1. The van der Waals surface area contributed by atoms with Gasteiger partial charge in [0.05, 0.1) is 24.8 Å². The Morgan fingerprint density at radius 1 is 1.00 bits per heavy atom. The fourth-order valence-electron chi connectivity index (χ4n) is 3.91. The summed E-state index contributed by atoms with van der Waals surface area (Å²) in [5.41, 5.74) is 4.98. The molecule has 0 bridgehead atoms. The summed E-state index contributed by atoms with van der Waals surface area (Å²) in [6.07, 6.45) is 0. The Balaban J connectivity index is 1.36. The molecule has 0 aliphatic carbocycles. The lowest BCUT2D eigenvalue weighted by atomic mass is 10.2. The Morgan fingerprint density at radius 3 is 2.39 bits per heavy atom. The Kier molecular flexibility index (Phi) is 8.92. The molecule has 8 heteroatoms. The smallest absolute Gasteiger partial charge is 0.262 e. The molecular formula is C28H32ClN3O4. The van der Waals surface area contributed by atoms with E-state index in [0.29, 0.717) is 35.4 Å². The zero-order valence-corrected chi connectivity index (χ0v) is 21.4. The average molecular weight is 510 g/mol. The van der Waals surface area contributed by atoms with E-state index in [9.17, 15) is 4.79 Å². The van der Waals surface area contributed by atoms with E-state index in [1.54, 1.807) is 0 Å². The van der Waals surface area contributed by atoms with Gasteiger partial charge in [-0.1, -0.05) is 29.3 Å². The third-order valence-corrected chi connectivity index (χ3v) is 6.07. The quantitative estimate of drug-likeness (QED) is 0.375. The van der Waals surface area contributed by atoms with Crippen LogP contribution >= 0.6 is 11.6 Å². The molecule has 0 unspecified atom stereocenters. The van der Waals surface area contributed by atoms with E-state index in [-0.39, 0.29) is 12.5 Å². The molecule has 0 radical (unpaired) electrons. The van der Waals surface area contributed by atoms with Crippen LogP contribution in [-0.2, 0) is 16.1 Å². The third-order valence-electron chi connectivity index (χ3n) is 5.79. The molecule has 1 amide bonds. The Morgan fingerprint density at radius 2 is 1.69 bits per heavy atom. The van der Waals surface area contributed by atoms with E-state index in [4.69, 9.17) is 25.8 Å². The summed E-state index contributed by atoms with van der Waals surface area (Å²) in [5.74, 6) is 0.590. The number of hydrogen-bond acceptors (Lipinski definition) is 6. The van der Waals surface area contributed by atoms with Crippen LogP contribution in [0.25, 0.3) is 0 Å². The number of morpholine rings is 1. The van der Waals surface area contributed by atoms with E-state index in [2.05, 4.69) is 39.8 Å². The first-order chi connectivity index (χ1) is 17.5. The molecule has 0 saturated carbocycles. The summed E-state index contributed by atoms with van der Waals surface area (Å²) >= 11 is 6.54. The van der Waals surface area contributed by atoms with Gasteiger partial charge in [-0.05, 0) is 67.9 Å². The van der Waals surface area contributed by atoms with Crippen molar-refractivity contribution in [3.05, 3.63) is 76.8 Å². The molecule has 0 spiro atoms. The molecular weight excluding hydrogens is 478 g/mol. The molecule has 1 aliphatic rings. The van der Waals surface area contributed by atoms with E-state index in [0.717, 1.165) is 43.1 Å². The van der Waals surface area contributed by atoms with Crippen molar-refractivity contribution in [2.75, 3.05) is 55.1 Å². The molecule has 2 N–H and O–H groups in total. The summed E-state index contributed by atoms with van der Waals surface area (Å²) in [6, 6.07) is 19.7. The molecule has 1 heterocycles. The highest BCUT2D eigenvalue weighted by Gasteiger charge is 2.15. The predicted octanol–water partition coefficient (Wildman–Crippen LogP) is 5.51. The van der Waals surface area contributed by atoms with E-state index in [1.807, 2.05) is 50.2 Å². The number of anilines is 3. The van der Waals surface area contributed by atoms with Crippen molar-refractivity contribution in [3.8, 4) is 11.5 Å². The molecule has 1 aliphatic heterocycles. The monoisotopic (exact) mass is 509 g/mol. The van der Waals surface area contributed by atoms with Crippen molar-refractivity contribution < 1.29 is 19.0 Å². The molecule has 7 nitrogen and oxygen atoms in total. The van der Waals surface area contributed by atoms with Crippen molar-refractivity contribution in [2.45, 2.75) is 20.4 Å². The van der Waals surface area contributed by atoms with Gasteiger partial charge < -0.3 is 29.7 Å². The van der Waals surface area contributed by atoms with Gasteiger partial charge >= 0.3 is 0 Å². The number of carbonyl (C=O) groups excluding carboxylic acids is 1. The number of benzene rings is 3. The zero-order chi connectivity index (χ0) is 25.3. The minimum atomic E-state index is -0.274. The Bertz CT molecular complexity index is 1150. The second-order valence-corrected chi connectivity index (χ2v) is 8.95. The number of ether oxygens (including phenoxy) is 3. The fourth-order valence-corrected chi connectivity index (χ4v) is 4.20. The molecule has 1 saturated heterocycles. The van der Waals surface area contributed by atoms with Gasteiger partial charge in [0, 0.05) is 36.7 Å². The number of rotatable bonds is 10. The maximum atomic E-state index is 12.4. The van der Waals surface area contributed by atoms with Crippen LogP contribution in [0.2, 0.25) is 5.02 Å². The summed E-state index contributed by atoms with van der Waals surface area (Å²) in [5, 5.41) is 6.64. The summed E-state index contributed by atoms with van der Waals surface area (Å²) in [7, 11) is 0. The highest BCUT2D eigenvalue weighted by molar-refractivity contribution is 6.32. The van der Waals surface area contributed by atoms with Gasteiger partial charge in [0.25, 0.3) is 5.91 Å². The molecule has 4 rings (SSSR count). The van der Waals surface area contributed by atoms with Crippen LogP contribution in [0.3, 0.4) is 0 Å². The Labute approximate surface area is 217 Å². The van der Waals surface area contributed by atoms with Crippen LogP contribution in [-0.4, -0.2) is 45.4 Å². The third kappa shape index (κ3) is 7.06. The summed E-state index contributed by atoms with van der Waals surface area (Å²) < 4.78 is 17.0. The van der Waals surface area contributed by atoms with Crippen LogP contribution in [0.15, 0.2) is 60.7 Å². The lowest BCUT2D eigenvalue weighted by Gasteiger charge is -2.29. The maximum absolute atomic E-state index is 12.4. The van der Waals surface area contributed by atoms with Gasteiger partial charge in [0.15, 0.2) is 18.1 Å². The highest BCUT2D eigenvalue weighted by atomic mass is 35.5. The van der Waals surface area contributed by atoms with E-state index in [1.165, 1.54) is 5.69 Å². The minimum Gasteiger partial charge on any atom is -0.490 e. The van der Waals surface area contributed by atoms with Crippen LogP contribution in [0.1, 0.15) is 18.1 Å². The van der Waals surface area contributed by atoms with E-state index >= 15 is 0 Å². The molecule has 36 heavy (non-hydrogen) atoms. The van der Waals surface area contributed by atoms with Gasteiger partial charge in [0.2, 0.25) is 0 Å². The largest absolute Gasteiger partial charge is 0.490 e. The average Bonchev–Trinajstić information content (AvgIpc) is 2.89. The highest BCUT2D eigenvalue weighted by Crippen LogP contribution is 2.37. The lowest BCUT2D eigenvalue weighted by molar-refractivity contribution is -0.118. The molecule has 3 aromatic carbocycles. The molecule has 0 aromatic heterocycles. The number of nitrogens with zero attached hydrogens (tertiary/aromatic N) is 1. The van der Waals surface area contributed by atoms with Crippen LogP contribution < -0.4 is 25.0 Å². The van der Waals surface area contributed by atoms with Crippen molar-refractivity contribution in [2.24, 2.45) is 0 Å². The molecule has 3 aromatic rings. The number of halogens is 1. The summed E-state index contributed by atoms with van der Waals surface area (Å²) in [4.78, 5) is 14.7. The second-order valence-electron chi connectivity index (χ2n) is 8.54. The standard InChI is InChI=1S/C28H32ClN3O4/c1-3-35-26-17-21(18-30-22-8-10-24(11-9-22)32-12-14-34-15-13-32)16-25(29)28(26)36-19-27(33)31-23-6-4-20(2)5-7-23/h4-11,16-17,30H,3,12-15,18-19H2,1-2H3,(H,31,33). The molecule has 0 atom stereocenters. The van der Waals surface area contributed by atoms with Gasteiger partial charge in [-0.3, -0.25) is 4.79 Å². The van der Waals surface area contributed by atoms with Crippen molar-refractivity contribution in [3.63, 3.8) is 0 Å². The minimum absolute atomic E-state index is 0.180. The lowest BCUT2D eigenvalue weighted by Crippen LogP contribution is -2.36. The number of hydrogen-bond donors (Lipinski definition) is 2. The van der Waals surface area contributed by atoms with Crippen LogP contribution in [0, 0.1) is 6.92 Å². The van der Waals surface area contributed by atoms with Crippen molar-refractivity contribution >= 4 is 34.6 Å². The molecule has 190 valence electrons. The normalized spacial score (nSPS) is 13.2. The first-order valence-electron chi connectivity index (χ1n) is 12.1. The van der Waals surface area contributed by atoms with Gasteiger partial charge in [-0.15, -0.1) is 0 Å². The van der Waals surface area contributed by atoms with Gasteiger partial charge in [0.1, 0.15) is 0 Å². The van der Waals surface area contributed by atoms with Crippen LogP contribution in [0.5, 0.6) is 11.5 Å².